The topological polar surface area (TPSA) is 122 Å². The number of carbonyl (C=O) groups excluding carboxylic acids is 3. The Hall–Kier alpha value is -5.38. The predicted molar refractivity (Wildman–Crippen MR) is 202 cm³/mol. The quantitative estimate of drug-likeness (QED) is 0.0457. The Morgan fingerprint density at radius 2 is 1.37 bits per heavy atom. The fraction of sp³-hybridized carbons (Fsp3) is 0.333. The first-order valence-electron chi connectivity index (χ1n) is 17.6. The molecule has 0 aliphatic carbocycles. The summed E-state index contributed by atoms with van der Waals surface area (Å²) in [7, 11) is 0. The molecule has 278 valence electrons. The maximum absolute atomic E-state index is 14.4. The van der Waals surface area contributed by atoms with Crippen LogP contribution in [0, 0.1) is 11.6 Å². The van der Waals surface area contributed by atoms with Gasteiger partial charge in [-0.15, -0.1) is 0 Å². The first kappa shape index (κ1) is 42.8. The summed E-state index contributed by atoms with van der Waals surface area (Å²) in [5, 5.41) is 14.8. The number of nitrogens with one attached hydrogen (secondary N) is 2. The van der Waals surface area contributed by atoms with Gasteiger partial charge in [-0.05, 0) is 87.6 Å². The van der Waals surface area contributed by atoms with Gasteiger partial charge in [0, 0.05) is 31.5 Å². The van der Waals surface area contributed by atoms with Crippen molar-refractivity contribution in [3.05, 3.63) is 127 Å². The molecule has 2 aromatic rings. The highest BCUT2D eigenvalue weighted by atomic mass is 19.1. The number of aliphatic carboxylic acids is 1. The maximum atomic E-state index is 14.4. The number of esters is 1. The minimum Gasteiger partial charge on any atom is -0.480 e. The maximum Gasteiger partial charge on any atom is 0.326 e. The van der Waals surface area contributed by atoms with Gasteiger partial charge in [0.1, 0.15) is 23.4 Å². The SMILES string of the molecule is CCC=CCC=CCC=CCC=CCC=CCC=CCCC(=O)NC(CCCNC(=O)c1cc(-c2ccc(F)cc2F)ccc1OC(C)=O)C(=O)O. The van der Waals surface area contributed by atoms with Crippen LogP contribution in [-0.4, -0.2) is 41.4 Å². The normalized spacial score (nSPS) is 12.5. The molecule has 2 aromatic carbocycles. The van der Waals surface area contributed by atoms with Crippen molar-refractivity contribution in [2.45, 2.75) is 84.1 Å². The van der Waals surface area contributed by atoms with Crippen molar-refractivity contribution in [2.75, 3.05) is 6.54 Å². The molecular weight excluding hydrogens is 666 g/mol. The molecule has 0 spiro atoms. The molecule has 0 aromatic heterocycles. The van der Waals surface area contributed by atoms with E-state index in [1.54, 1.807) is 0 Å². The fourth-order valence-corrected chi connectivity index (χ4v) is 4.82. The van der Waals surface area contributed by atoms with E-state index >= 15 is 0 Å². The number of carbonyl (C=O) groups is 4. The van der Waals surface area contributed by atoms with Crippen LogP contribution in [-0.2, 0) is 14.4 Å². The molecule has 8 nitrogen and oxygen atoms in total. The number of hydrogen-bond acceptors (Lipinski definition) is 5. The van der Waals surface area contributed by atoms with Crippen molar-refractivity contribution < 1.29 is 37.8 Å². The second kappa shape index (κ2) is 25.6. The third-order valence-electron chi connectivity index (χ3n) is 7.44. The molecule has 10 heteroatoms. The molecule has 0 radical (unpaired) electrons. The lowest BCUT2D eigenvalue weighted by Gasteiger charge is -2.15. The van der Waals surface area contributed by atoms with E-state index in [1.165, 1.54) is 31.2 Å². The van der Waals surface area contributed by atoms with Gasteiger partial charge >= 0.3 is 11.9 Å². The summed E-state index contributed by atoms with van der Waals surface area (Å²) in [6.07, 6.45) is 31.5. The van der Waals surface area contributed by atoms with Gasteiger partial charge in [0.05, 0.1) is 5.56 Å². The van der Waals surface area contributed by atoms with Gasteiger partial charge < -0.3 is 20.5 Å². The van der Waals surface area contributed by atoms with Crippen LogP contribution in [0.1, 0.15) is 88.4 Å². The van der Waals surface area contributed by atoms with E-state index in [4.69, 9.17) is 4.74 Å². The summed E-state index contributed by atoms with van der Waals surface area (Å²) < 4.78 is 32.9. The Morgan fingerprint density at radius 1 is 0.788 bits per heavy atom. The lowest BCUT2D eigenvalue weighted by Crippen LogP contribution is -2.41. The van der Waals surface area contributed by atoms with Gasteiger partial charge in [-0.25, -0.2) is 13.6 Å². The zero-order valence-corrected chi connectivity index (χ0v) is 30.0. The highest BCUT2D eigenvalue weighted by Gasteiger charge is 2.20. The molecule has 52 heavy (non-hydrogen) atoms. The van der Waals surface area contributed by atoms with E-state index in [-0.39, 0.29) is 48.2 Å². The second-order valence-electron chi connectivity index (χ2n) is 11.7. The average molecular weight is 717 g/mol. The number of hydrogen-bond donors (Lipinski definition) is 3. The summed E-state index contributed by atoms with van der Waals surface area (Å²) in [6, 6.07) is 5.99. The fourth-order valence-electron chi connectivity index (χ4n) is 4.82. The van der Waals surface area contributed by atoms with Crippen LogP contribution in [0.2, 0.25) is 0 Å². The van der Waals surface area contributed by atoms with Crippen molar-refractivity contribution in [3.63, 3.8) is 0 Å². The number of rotatable bonds is 23. The molecule has 2 rings (SSSR count). The Bertz CT molecular complexity index is 1640. The lowest BCUT2D eigenvalue weighted by atomic mass is 10.0. The highest BCUT2D eigenvalue weighted by Crippen LogP contribution is 2.29. The van der Waals surface area contributed by atoms with Gasteiger partial charge in [0.15, 0.2) is 0 Å². The number of carboxylic acids is 1. The Balaban J connectivity index is 1.71. The van der Waals surface area contributed by atoms with Crippen LogP contribution < -0.4 is 15.4 Å². The molecular formula is C42H50F2N2O6. The van der Waals surface area contributed by atoms with Crippen molar-refractivity contribution in [3.8, 4) is 16.9 Å². The molecule has 0 saturated heterocycles. The zero-order chi connectivity index (χ0) is 38.0. The number of carboxylic acid groups (broad SMARTS) is 1. The van der Waals surface area contributed by atoms with Gasteiger partial charge in [-0.3, -0.25) is 14.4 Å². The minimum absolute atomic E-state index is 0.0469. The molecule has 0 aliphatic rings. The van der Waals surface area contributed by atoms with Gasteiger partial charge in [-0.1, -0.05) is 85.9 Å². The molecule has 0 aliphatic heterocycles. The van der Waals surface area contributed by atoms with Crippen LogP contribution in [0.15, 0.2) is 109 Å². The van der Waals surface area contributed by atoms with Gasteiger partial charge in [-0.2, -0.15) is 0 Å². The van der Waals surface area contributed by atoms with E-state index < -0.39 is 41.4 Å². The number of halogens is 2. The Labute approximate surface area is 305 Å². The largest absolute Gasteiger partial charge is 0.480 e. The van der Waals surface area contributed by atoms with E-state index in [1.807, 2.05) is 18.2 Å². The first-order chi connectivity index (χ1) is 25.1. The van der Waals surface area contributed by atoms with Crippen LogP contribution in [0.4, 0.5) is 8.78 Å². The van der Waals surface area contributed by atoms with Gasteiger partial charge in [0.25, 0.3) is 5.91 Å². The molecule has 0 fully saturated rings. The summed E-state index contributed by atoms with van der Waals surface area (Å²) >= 11 is 0. The van der Waals surface area contributed by atoms with Crippen LogP contribution in [0.3, 0.4) is 0 Å². The van der Waals surface area contributed by atoms with E-state index in [2.05, 4.69) is 72.2 Å². The summed E-state index contributed by atoms with van der Waals surface area (Å²) in [4.78, 5) is 48.7. The van der Waals surface area contributed by atoms with Crippen LogP contribution >= 0.6 is 0 Å². The number of benzene rings is 2. The zero-order valence-electron chi connectivity index (χ0n) is 30.0. The van der Waals surface area contributed by atoms with Crippen molar-refractivity contribution in [1.82, 2.24) is 10.6 Å². The lowest BCUT2D eigenvalue weighted by molar-refractivity contribution is -0.142. The summed E-state index contributed by atoms with van der Waals surface area (Å²) in [6.45, 7) is 3.34. The standard InChI is InChI=1S/C42H50F2N2O6/c1-3-4-5-6-7-8-9-10-11-12-13-14-15-16-17-18-19-20-21-24-40(48)46-38(42(50)51)23-22-29-45-41(49)36-30-33(25-28-39(36)52-32(2)47)35-27-26-34(43)31-37(35)44/h4-5,7-8,10-11,13-14,16-17,19-20,25-28,30-31,38H,3,6,9,12,15,18,21-24,29H2,1-2H3,(H,45,49)(H,46,48)(H,50,51). The van der Waals surface area contributed by atoms with E-state index in [0.717, 1.165) is 50.7 Å². The van der Waals surface area contributed by atoms with Crippen molar-refractivity contribution in [1.29, 1.82) is 0 Å². The third-order valence-corrected chi connectivity index (χ3v) is 7.44. The predicted octanol–water partition coefficient (Wildman–Crippen LogP) is 9.11. The number of amides is 2. The third kappa shape index (κ3) is 18.0. The Morgan fingerprint density at radius 3 is 1.90 bits per heavy atom. The van der Waals surface area contributed by atoms with E-state index in [9.17, 15) is 33.1 Å². The molecule has 1 atom stereocenters. The first-order valence-corrected chi connectivity index (χ1v) is 17.6. The average Bonchev–Trinajstić information content (AvgIpc) is 3.10. The van der Waals surface area contributed by atoms with Crippen molar-refractivity contribution >= 4 is 23.8 Å². The van der Waals surface area contributed by atoms with Crippen molar-refractivity contribution in [2.24, 2.45) is 0 Å². The second-order valence-corrected chi connectivity index (χ2v) is 11.7. The van der Waals surface area contributed by atoms with Crippen LogP contribution in [0.25, 0.3) is 11.1 Å². The number of ether oxygens (including phenoxy) is 1. The molecule has 3 N–H and O–H groups in total. The van der Waals surface area contributed by atoms with Crippen LogP contribution in [0.5, 0.6) is 5.75 Å². The summed E-state index contributed by atoms with van der Waals surface area (Å²) in [5.74, 6) is -4.55. The molecule has 2 amide bonds. The number of allylic oxidation sites excluding steroid dienone is 12. The molecule has 0 heterocycles. The smallest absolute Gasteiger partial charge is 0.326 e. The minimum atomic E-state index is -1.19. The Kier molecular flexibility index (Phi) is 21.0. The molecule has 1 unspecified atom stereocenters. The highest BCUT2D eigenvalue weighted by molar-refractivity contribution is 5.99. The molecule has 0 bridgehead atoms. The molecule has 0 saturated carbocycles. The van der Waals surface area contributed by atoms with Gasteiger partial charge in [0.2, 0.25) is 5.91 Å². The monoisotopic (exact) mass is 716 g/mol. The summed E-state index contributed by atoms with van der Waals surface area (Å²) in [5.41, 5.74) is 0.246. The van der Waals surface area contributed by atoms with E-state index in [0.29, 0.717) is 6.42 Å².